The number of hydrogen-bond donors (Lipinski definition) is 2. The second-order valence-electron chi connectivity index (χ2n) is 8.50. The zero-order valence-corrected chi connectivity index (χ0v) is 19.6. The Morgan fingerprint density at radius 1 is 0.697 bits per heavy atom. The second-order valence-corrected chi connectivity index (χ2v) is 8.50. The summed E-state index contributed by atoms with van der Waals surface area (Å²) >= 11 is 0. The van der Waals surface area contributed by atoms with Gasteiger partial charge in [0.1, 0.15) is 0 Å². The van der Waals surface area contributed by atoms with Gasteiger partial charge in [-0.3, -0.25) is 0 Å². The van der Waals surface area contributed by atoms with Crippen molar-refractivity contribution in [3.8, 4) is 0 Å². The van der Waals surface area contributed by atoms with Crippen molar-refractivity contribution in [3.63, 3.8) is 0 Å². The second kappa shape index (κ2) is 9.62. The first-order chi connectivity index (χ1) is 15.9. The van der Waals surface area contributed by atoms with Gasteiger partial charge in [0.2, 0.25) is 0 Å². The van der Waals surface area contributed by atoms with Crippen molar-refractivity contribution in [1.82, 2.24) is 9.97 Å². The molecule has 0 saturated heterocycles. The molecule has 0 fully saturated rings. The summed E-state index contributed by atoms with van der Waals surface area (Å²) in [5.41, 5.74) is 9.85. The van der Waals surface area contributed by atoms with Crippen LogP contribution >= 0.6 is 0 Å². The molecule has 0 aliphatic carbocycles. The summed E-state index contributed by atoms with van der Waals surface area (Å²) < 4.78 is 0. The molecule has 1 aromatic carbocycles. The first kappa shape index (κ1) is 22.2. The number of aromatic nitrogens is 2. The van der Waals surface area contributed by atoms with Crippen LogP contribution in [0.3, 0.4) is 0 Å². The van der Waals surface area contributed by atoms with Crippen molar-refractivity contribution in [2.24, 2.45) is 0 Å². The van der Waals surface area contributed by atoms with Crippen molar-refractivity contribution < 1.29 is 0 Å². The third-order valence-corrected chi connectivity index (χ3v) is 5.85. The van der Waals surface area contributed by atoms with E-state index in [0.29, 0.717) is 0 Å². The van der Waals surface area contributed by atoms with Crippen molar-refractivity contribution in [2.45, 2.75) is 20.8 Å². The Kier molecular flexibility index (Phi) is 6.46. The molecule has 0 unspecified atom stereocenters. The van der Waals surface area contributed by atoms with Crippen molar-refractivity contribution in [1.29, 1.82) is 0 Å². The van der Waals surface area contributed by atoms with Crippen LogP contribution in [0.2, 0.25) is 0 Å². The Morgan fingerprint density at radius 2 is 1.48 bits per heavy atom. The monoisotopic (exact) mass is 430 g/mol. The topological polar surface area (TPSA) is 31.6 Å². The SMILES string of the molecule is C=C1C=c2cc/c([nH]2)=C(\C)C(=C)/C=C\C(C)=C\c2ccc([nH]2)/C(c2ccccc2)=C(C)/C=C\1. The Bertz CT molecular complexity index is 1440. The fourth-order valence-corrected chi connectivity index (χ4v) is 3.94. The Labute approximate surface area is 196 Å². The summed E-state index contributed by atoms with van der Waals surface area (Å²) in [5, 5.41) is 2.08. The number of fused-ring (bicyclic) bond motifs is 4. The summed E-state index contributed by atoms with van der Waals surface area (Å²) in [6.45, 7) is 14.8. The van der Waals surface area contributed by atoms with Crippen LogP contribution in [-0.4, -0.2) is 9.97 Å². The van der Waals surface area contributed by atoms with Gasteiger partial charge < -0.3 is 9.97 Å². The molecule has 0 atom stereocenters. The molecule has 0 saturated carbocycles. The number of H-pyrrole nitrogens is 2. The minimum absolute atomic E-state index is 0.929. The van der Waals surface area contributed by atoms with E-state index in [-0.39, 0.29) is 0 Å². The summed E-state index contributed by atoms with van der Waals surface area (Å²) in [5.74, 6) is 0. The van der Waals surface area contributed by atoms with Crippen molar-refractivity contribution in [2.75, 3.05) is 0 Å². The first-order valence-corrected chi connectivity index (χ1v) is 11.2. The molecule has 2 heteroatoms. The minimum Gasteiger partial charge on any atom is -0.355 e. The lowest BCUT2D eigenvalue weighted by Crippen LogP contribution is -2.12. The maximum absolute atomic E-state index is 4.25. The molecule has 3 heterocycles. The zero-order chi connectivity index (χ0) is 23.4. The maximum atomic E-state index is 4.25. The van der Waals surface area contributed by atoms with Gasteiger partial charge in [-0.25, -0.2) is 0 Å². The van der Waals surface area contributed by atoms with Gasteiger partial charge in [-0.15, -0.1) is 0 Å². The van der Waals surface area contributed by atoms with Crippen LogP contribution in [0.5, 0.6) is 0 Å². The van der Waals surface area contributed by atoms with Crippen LogP contribution in [0, 0.1) is 0 Å². The number of aromatic amines is 2. The van der Waals surface area contributed by atoms with E-state index >= 15 is 0 Å². The molecule has 3 aromatic rings. The van der Waals surface area contributed by atoms with Crippen LogP contribution in [-0.2, 0) is 0 Å². The van der Waals surface area contributed by atoms with Crippen LogP contribution in [0.25, 0.3) is 23.3 Å². The summed E-state index contributed by atoms with van der Waals surface area (Å²) in [7, 11) is 0. The van der Waals surface area contributed by atoms with E-state index in [2.05, 4.69) is 129 Å². The highest BCUT2D eigenvalue weighted by atomic mass is 14.7. The first-order valence-electron chi connectivity index (χ1n) is 11.2. The number of rotatable bonds is 1. The van der Waals surface area contributed by atoms with Gasteiger partial charge in [0, 0.05) is 27.7 Å². The van der Waals surface area contributed by atoms with Gasteiger partial charge in [-0.2, -0.15) is 0 Å². The zero-order valence-electron chi connectivity index (χ0n) is 19.6. The lowest BCUT2D eigenvalue weighted by atomic mass is 9.97. The van der Waals surface area contributed by atoms with Crippen LogP contribution < -0.4 is 10.7 Å². The van der Waals surface area contributed by atoms with E-state index in [0.717, 1.165) is 44.4 Å². The third kappa shape index (κ3) is 5.24. The summed E-state index contributed by atoms with van der Waals surface area (Å²) in [4.78, 5) is 7.07. The van der Waals surface area contributed by atoms with Gasteiger partial charge >= 0.3 is 0 Å². The van der Waals surface area contributed by atoms with E-state index < -0.39 is 0 Å². The molecule has 2 aromatic heterocycles. The number of hydrogen-bond acceptors (Lipinski definition) is 0. The fraction of sp³-hybridized carbons (Fsp3) is 0.0968. The van der Waals surface area contributed by atoms with E-state index in [1.165, 1.54) is 16.7 Å². The summed E-state index contributed by atoms with van der Waals surface area (Å²) in [6.07, 6.45) is 12.6. The van der Waals surface area contributed by atoms with Gasteiger partial charge in [0.25, 0.3) is 0 Å². The molecule has 4 bridgehead atoms. The number of nitrogens with one attached hydrogen (secondary N) is 2. The van der Waals surface area contributed by atoms with Gasteiger partial charge in [-0.1, -0.05) is 67.8 Å². The van der Waals surface area contributed by atoms with Gasteiger partial charge in [-0.05, 0) is 90.6 Å². The van der Waals surface area contributed by atoms with Crippen molar-refractivity contribution >= 4 is 23.3 Å². The van der Waals surface area contributed by atoms with E-state index in [1.54, 1.807) is 0 Å². The van der Waals surface area contributed by atoms with Crippen LogP contribution in [0.15, 0.2) is 114 Å². The quantitative estimate of drug-likeness (QED) is 0.444. The molecule has 2 N–H and O–H groups in total. The average Bonchev–Trinajstić information content (AvgIpc) is 3.46. The fourth-order valence-electron chi connectivity index (χ4n) is 3.94. The highest BCUT2D eigenvalue weighted by molar-refractivity contribution is 5.82. The molecular weight excluding hydrogens is 400 g/mol. The average molecular weight is 431 g/mol. The molecule has 1 aliphatic rings. The molecule has 0 radical (unpaired) electrons. The standard InChI is InChI=1S/C31H30N2/c1-21-11-13-23(3)25(5)29-17-15-27(32-29)19-22(2)12-14-24(4)31(26-9-7-6-8-10-26)30-18-16-28(20-21)33-30/h6-20,32-33H,2-3H2,1,4-5H3/b13-11-,14-12-,21-20+,27-19?,29-25-,31-24+. The van der Waals surface area contributed by atoms with E-state index in [9.17, 15) is 0 Å². The summed E-state index contributed by atoms with van der Waals surface area (Å²) in [6, 6.07) is 18.9. The molecule has 0 amide bonds. The molecule has 33 heavy (non-hydrogen) atoms. The molecular formula is C31H30N2. The van der Waals surface area contributed by atoms with E-state index in [4.69, 9.17) is 0 Å². The van der Waals surface area contributed by atoms with E-state index in [1.807, 2.05) is 6.07 Å². The van der Waals surface area contributed by atoms with Crippen molar-refractivity contribution in [3.05, 3.63) is 142 Å². The lowest BCUT2D eigenvalue weighted by molar-refractivity contribution is 1.25. The molecule has 164 valence electrons. The molecule has 1 aliphatic heterocycles. The normalized spacial score (nSPS) is 22.6. The lowest BCUT2D eigenvalue weighted by Gasteiger charge is -2.10. The van der Waals surface area contributed by atoms with Gasteiger partial charge in [0.15, 0.2) is 0 Å². The smallest absolute Gasteiger partial charge is 0.0467 e. The predicted molar refractivity (Wildman–Crippen MR) is 143 cm³/mol. The Hall–Kier alpha value is -4.04. The molecule has 2 nitrogen and oxygen atoms in total. The van der Waals surface area contributed by atoms with Crippen LogP contribution in [0.1, 0.15) is 37.7 Å². The van der Waals surface area contributed by atoms with Crippen LogP contribution in [0.4, 0.5) is 0 Å². The number of benzene rings is 1. The highest BCUT2D eigenvalue weighted by Gasteiger charge is 2.10. The third-order valence-electron chi connectivity index (χ3n) is 5.85. The predicted octanol–water partition coefficient (Wildman–Crippen LogP) is 6.46. The Morgan fingerprint density at radius 3 is 2.27 bits per heavy atom. The Balaban J connectivity index is 1.90. The minimum atomic E-state index is 0.929. The largest absolute Gasteiger partial charge is 0.355 e. The maximum Gasteiger partial charge on any atom is 0.0467 e. The highest BCUT2D eigenvalue weighted by Crippen LogP contribution is 2.28. The van der Waals surface area contributed by atoms with Gasteiger partial charge in [0.05, 0.1) is 0 Å². The number of allylic oxidation sites excluding steroid dienone is 8. The molecule has 0 spiro atoms. The molecule has 4 rings (SSSR count).